The van der Waals surface area contributed by atoms with Crippen LogP contribution < -0.4 is 0 Å². The molecule has 0 radical (unpaired) electrons. The van der Waals surface area contributed by atoms with E-state index in [9.17, 15) is 0 Å². The number of nitrogens with zero attached hydrogens (tertiary/aromatic N) is 1. The summed E-state index contributed by atoms with van der Waals surface area (Å²) in [4.78, 5) is 2.67. The van der Waals surface area contributed by atoms with Crippen molar-refractivity contribution >= 4 is 0 Å². The summed E-state index contributed by atoms with van der Waals surface area (Å²) >= 11 is 0. The number of hydrogen-bond donors (Lipinski definition) is 0. The molecule has 0 bridgehead atoms. The van der Waals surface area contributed by atoms with Gasteiger partial charge in [-0.2, -0.15) is 0 Å². The van der Waals surface area contributed by atoms with Gasteiger partial charge in [-0.15, -0.1) is 0 Å². The molecule has 1 aliphatic heterocycles. The first-order valence-corrected chi connectivity index (χ1v) is 5.36. The molecule has 2 rings (SSSR count). The van der Waals surface area contributed by atoms with E-state index >= 15 is 0 Å². The van der Waals surface area contributed by atoms with E-state index in [-0.39, 0.29) is 0 Å². The maximum Gasteiger partial charge on any atom is 0.0166 e. The third-order valence-electron chi connectivity index (χ3n) is 3.18. The van der Waals surface area contributed by atoms with Gasteiger partial charge >= 0.3 is 0 Å². The minimum Gasteiger partial charge on any atom is -0.296 e. The van der Waals surface area contributed by atoms with Crippen molar-refractivity contribution in [2.75, 3.05) is 13.1 Å². The van der Waals surface area contributed by atoms with Crippen LogP contribution in [-0.4, -0.2) is 24.0 Å². The molecule has 1 heteroatoms. The Hall–Kier alpha value is -0.300. The predicted molar refractivity (Wildman–Crippen MR) is 52.2 cm³/mol. The SMILES string of the molecule is C1=CCN(C2CCCCC2)CC1. The predicted octanol–water partition coefficient (Wildman–Crippen LogP) is 2.58. The summed E-state index contributed by atoms with van der Waals surface area (Å²) in [5.74, 6) is 0. The van der Waals surface area contributed by atoms with Crippen molar-refractivity contribution in [2.45, 2.75) is 44.6 Å². The van der Waals surface area contributed by atoms with E-state index in [2.05, 4.69) is 17.1 Å². The maximum atomic E-state index is 2.67. The van der Waals surface area contributed by atoms with Gasteiger partial charge in [0.1, 0.15) is 0 Å². The molecule has 0 aromatic heterocycles. The van der Waals surface area contributed by atoms with Crippen LogP contribution in [0.15, 0.2) is 12.2 Å². The topological polar surface area (TPSA) is 3.24 Å². The smallest absolute Gasteiger partial charge is 0.0166 e. The van der Waals surface area contributed by atoms with E-state index in [1.807, 2.05) is 0 Å². The third kappa shape index (κ3) is 1.89. The Morgan fingerprint density at radius 1 is 1.00 bits per heavy atom. The van der Waals surface area contributed by atoms with E-state index in [1.165, 1.54) is 51.6 Å². The zero-order chi connectivity index (χ0) is 8.23. The molecule has 0 spiro atoms. The Morgan fingerprint density at radius 3 is 2.50 bits per heavy atom. The fourth-order valence-corrected chi connectivity index (χ4v) is 2.44. The summed E-state index contributed by atoms with van der Waals surface area (Å²) in [7, 11) is 0. The Bertz CT molecular complexity index is 156. The van der Waals surface area contributed by atoms with Crippen molar-refractivity contribution < 1.29 is 0 Å². The molecular formula is C11H19N. The molecule has 1 fully saturated rings. The van der Waals surface area contributed by atoms with Gasteiger partial charge in [-0.25, -0.2) is 0 Å². The zero-order valence-electron chi connectivity index (χ0n) is 7.84. The molecule has 0 aromatic carbocycles. The van der Waals surface area contributed by atoms with Crippen LogP contribution in [0.3, 0.4) is 0 Å². The van der Waals surface area contributed by atoms with Crippen LogP contribution in [0.1, 0.15) is 38.5 Å². The van der Waals surface area contributed by atoms with Crippen LogP contribution in [-0.2, 0) is 0 Å². The molecule has 0 saturated heterocycles. The summed E-state index contributed by atoms with van der Waals surface area (Å²) in [6.45, 7) is 2.52. The quantitative estimate of drug-likeness (QED) is 0.540. The van der Waals surface area contributed by atoms with Gasteiger partial charge in [-0.05, 0) is 19.3 Å². The summed E-state index contributed by atoms with van der Waals surface area (Å²) in [6.07, 6.45) is 13.2. The van der Waals surface area contributed by atoms with Crippen molar-refractivity contribution in [3.05, 3.63) is 12.2 Å². The fraction of sp³-hybridized carbons (Fsp3) is 0.818. The molecule has 1 saturated carbocycles. The van der Waals surface area contributed by atoms with Gasteiger partial charge in [-0.1, -0.05) is 31.4 Å². The lowest BCUT2D eigenvalue weighted by Gasteiger charge is -2.34. The lowest BCUT2D eigenvalue weighted by Crippen LogP contribution is -2.38. The highest BCUT2D eigenvalue weighted by molar-refractivity contribution is 4.93. The summed E-state index contributed by atoms with van der Waals surface area (Å²) < 4.78 is 0. The second-order valence-electron chi connectivity index (χ2n) is 4.05. The number of rotatable bonds is 1. The Kier molecular flexibility index (Phi) is 2.83. The molecule has 1 heterocycles. The van der Waals surface area contributed by atoms with Crippen molar-refractivity contribution in [3.63, 3.8) is 0 Å². The highest BCUT2D eigenvalue weighted by Crippen LogP contribution is 2.23. The van der Waals surface area contributed by atoms with Crippen LogP contribution >= 0.6 is 0 Å². The van der Waals surface area contributed by atoms with Crippen LogP contribution in [0.25, 0.3) is 0 Å². The lowest BCUT2D eigenvalue weighted by atomic mass is 9.93. The van der Waals surface area contributed by atoms with Crippen LogP contribution in [0.4, 0.5) is 0 Å². The minimum absolute atomic E-state index is 0.920. The van der Waals surface area contributed by atoms with E-state index in [4.69, 9.17) is 0 Å². The second kappa shape index (κ2) is 4.08. The molecule has 2 aliphatic rings. The normalized spacial score (nSPS) is 27.7. The van der Waals surface area contributed by atoms with Crippen molar-refractivity contribution in [2.24, 2.45) is 0 Å². The molecule has 68 valence electrons. The second-order valence-corrected chi connectivity index (χ2v) is 4.05. The van der Waals surface area contributed by atoms with Gasteiger partial charge in [0, 0.05) is 19.1 Å². The standard InChI is InChI=1S/C11H19N/c1-3-7-11(8-4-1)12-9-5-2-6-10-12/h2,5,11H,1,3-4,6-10H2. The molecule has 1 aliphatic carbocycles. The van der Waals surface area contributed by atoms with Crippen LogP contribution in [0.5, 0.6) is 0 Å². The molecule has 0 amide bonds. The van der Waals surface area contributed by atoms with E-state index < -0.39 is 0 Å². The van der Waals surface area contributed by atoms with Crippen molar-refractivity contribution in [1.82, 2.24) is 4.90 Å². The van der Waals surface area contributed by atoms with Gasteiger partial charge < -0.3 is 0 Å². The summed E-state index contributed by atoms with van der Waals surface area (Å²) in [5, 5.41) is 0. The van der Waals surface area contributed by atoms with Gasteiger partial charge in [0.15, 0.2) is 0 Å². The van der Waals surface area contributed by atoms with Gasteiger partial charge in [-0.3, -0.25) is 4.90 Å². The highest BCUT2D eigenvalue weighted by Gasteiger charge is 2.20. The fourth-order valence-electron chi connectivity index (χ4n) is 2.44. The van der Waals surface area contributed by atoms with Gasteiger partial charge in [0.05, 0.1) is 0 Å². The van der Waals surface area contributed by atoms with E-state index in [0.717, 1.165) is 6.04 Å². The largest absolute Gasteiger partial charge is 0.296 e. The lowest BCUT2D eigenvalue weighted by molar-refractivity contribution is 0.170. The average Bonchev–Trinajstić information content (AvgIpc) is 2.21. The van der Waals surface area contributed by atoms with Crippen molar-refractivity contribution in [3.8, 4) is 0 Å². The molecule has 0 N–H and O–H groups in total. The number of hydrogen-bond acceptors (Lipinski definition) is 1. The average molecular weight is 165 g/mol. The Morgan fingerprint density at radius 2 is 1.83 bits per heavy atom. The zero-order valence-corrected chi connectivity index (χ0v) is 7.84. The van der Waals surface area contributed by atoms with Crippen LogP contribution in [0, 0.1) is 0 Å². The maximum absolute atomic E-state index is 2.67. The Balaban J connectivity index is 1.85. The molecular weight excluding hydrogens is 146 g/mol. The third-order valence-corrected chi connectivity index (χ3v) is 3.18. The molecule has 0 atom stereocenters. The first-order chi connectivity index (χ1) is 5.97. The minimum atomic E-state index is 0.920. The van der Waals surface area contributed by atoms with E-state index in [1.54, 1.807) is 0 Å². The molecule has 12 heavy (non-hydrogen) atoms. The monoisotopic (exact) mass is 165 g/mol. The van der Waals surface area contributed by atoms with Crippen molar-refractivity contribution in [1.29, 1.82) is 0 Å². The van der Waals surface area contributed by atoms with Gasteiger partial charge in [0.2, 0.25) is 0 Å². The Labute approximate surface area is 75.4 Å². The molecule has 0 aromatic rings. The highest BCUT2D eigenvalue weighted by atomic mass is 15.1. The van der Waals surface area contributed by atoms with Gasteiger partial charge in [0.25, 0.3) is 0 Å². The molecule has 1 nitrogen and oxygen atoms in total. The van der Waals surface area contributed by atoms with Crippen LogP contribution in [0.2, 0.25) is 0 Å². The first kappa shape index (κ1) is 8.31. The summed E-state index contributed by atoms with van der Waals surface area (Å²) in [5.41, 5.74) is 0. The van der Waals surface area contributed by atoms with E-state index in [0.29, 0.717) is 0 Å². The molecule has 0 unspecified atom stereocenters. The first-order valence-electron chi connectivity index (χ1n) is 5.36. The summed E-state index contributed by atoms with van der Waals surface area (Å²) in [6, 6.07) is 0.920.